The maximum atomic E-state index is 13.0. The molecule has 4 heterocycles. The fourth-order valence-electron chi connectivity index (χ4n) is 12.9. The molecule has 0 fully saturated rings. The first-order chi connectivity index (χ1) is 54.4. The Morgan fingerprint density at radius 2 is 0.509 bits per heavy atom. The van der Waals surface area contributed by atoms with Gasteiger partial charge in [-0.3, -0.25) is 47.5 Å². The molecule has 0 aliphatic heterocycles. The third kappa shape index (κ3) is 55.5. The third-order valence-corrected chi connectivity index (χ3v) is 22.0. The highest BCUT2D eigenvalue weighted by atomic mass is 33.1. The van der Waals surface area contributed by atoms with E-state index in [1.54, 1.807) is 21.6 Å². The van der Waals surface area contributed by atoms with Crippen molar-refractivity contribution < 1.29 is 57.2 Å². The molecule has 0 atom stereocenters. The van der Waals surface area contributed by atoms with Crippen LogP contribution in [0.25, 0.3) is 0 Å². The number of aryl methyl sites for hydroxylation is 4. The largest absolute Gasteiger partial charge is 0.465 e. The second-order valence-corrected chi connectivity index (χ2v) is 34.7. The number of nitrogens with zero attached hydrogens (tertiary/aromatic N) is 14. The van der Waals surface area contributed by atoms with Gasteiger partial charge in [0.1, 0.15) is 13.2 Å². The number of aromatic nitrogens is 12. The Kier molecular flexibility index (Phi) is 57.2. The van der Waals surface area contributed by atoms with Crippen LogP contribution in [0.5, 0.6) is 0 Å². The van der Waals surface area contributed by atoms with Crippen LogP contribution in [-0.4, -0.2) is 196 Å². The Hall–Kier alpha value is -6.00. The Labute approximate surface area is 680 Å². The van der Waals surface area contributed by atoms with E-state index < -0.39 is 0 Å². The predicted molar refractivity (Wildman–Crippen MR) is 444 cm³/mol. The first kappa shape index (κ1) is 98.4. The van der Waals surface area contributed by atoms with Crippen molar-refractivity contribution in [2.24, 2.45) is 23.7 Å². The smallest absolute Gasteiger partial charge is 0.307 e. The Balaban J connectivity index is 1.09. The van der Waals surface area contributed by atoms with Gasteiger partial charge >= 0.3 is 35.8 Å². The molecule has 112 heavy (non-hydrogen) atoms. The van der Waals surface area contributed by atoms with Crippen LogP contribution in [-0.2, 0) is 109 Å². The molecule has 0 aliphatic carbocycles. The summed E-state index contributed by atoms with van der Waals surface area (Å²) in [6, 6.07) is 0. The first-order valence-corrected chi connectivity index (χ1v) is 46.0. The van der Waals surface area contributed by atoms with Gasteiger partial charge in [0.2, 0.25) is 0 Å². The van der Waals surface area contributed by atoms with E-state index >= 15 is 0 Å². The van der Waals surface area contributed by atoms with E-state index in [4.69, 9.17) is 28.4 Å². The van der Waals surface area contributed by atoms with Gasteiger partial charge in [0.15, 0.2) is 0 Å². The highest BCUT2D eigenvalue weighted by molar-refractivity contribution is 8.76. The molecule has 4 aromatic rings. The van der Waals surface area contributed by atoms with E-state index in [1.165, 1.54) is 128 Å². The van der Waals surface area contributed by atoms with Crippen molar-refractivity contribution in [1.29, 1.82) is 0 Å². The van der Waals surface area contributed by atoms with E-state index in [-0.39, 0.29) is 114 Å². The number of unbranched alkanes of at least 4 members (excludes halogenated alkanes) is 20. The number of carbonyl (C=O) groups excluding carboxylic acids is 6. The van der Waals surface area contributed by atoms with E-state index in [0.29, 0.717) is 89.3 Å². The van der Waals surface area contributed by atoms with Crippen LogP contribution in [0.15, 0.2) is 24.8 Å². The average molecular weight is 1610 g/mol. The maximum absolute atomic E-state index is 13.0. The standard InChI is InChI=1S/C84H148N14O12S2/c1-71(2)35-23-13-9-17-31-51-95-67-75(85-89-95)45-59-105-81(101)41-55-93(56-42-82(102)106-60-46-76-68-96(90-86-76)52-32-18-10-14-24-36-72(3)4)49-29-21-27-39-79(99)109-63-65-111-112-66-64-110-80(100)40-28-22-30-50-94(57-43-83(103)107-61-47-77-69-97(91-87-77)53-33-19-11-15-25-37-73(5)6)58-44-84(104)108-62-48-78-70-98(92-88-78)54-34-20-12-16-26-38-74(7)8/h67-74H,9-66H2,1-8H3. The highest BCUT2D eigenvalue weighted by Crippen LogP contribution is 2.22. The molecule has 0 aliphatic rings. The normalized spacial score (nSPS) is 11.7. The first-order valence-electron chi connectivity index (χ1n) is 43.6. The van der Waals surface area contributed by atoms with Crippen LogP contribution < -0.4 is 0 Å². The monoisotopic (exact) mass is 1610 g/mol. The predicted octanol–water partition coefficient (Wildman–Crippen LogP) is 16.2. The van der Waals surface area contributed by atoms with Crippen molar-refractivity contribution in [3.05, 3.63) is 47.6 Å². The minimum absolute atomic E-state index is 0.166. The summed E-state index contributed by atoms with van der Waals surface area (Å²) in [6.45, 7) is 25.8. The SMILES string of the molecule is CC(C)CCCCCCCn1cc(CCOC(=O)CCN(CCCCCC(=O)OCCSSCCOC(=O)CCCCCN(CCC(=O)OCCc2cn(CCCCCCCC(C)C)nn2)CCC(=O)OCCc2cn(CCCCCCCC(C)C)nn2)CCC(=O)OCCc2cn(CCCCCCCC(C)C)nn2)nn1. The third-order valence-electron chi connectivity index (χ3n) is 19.7. The number of hydrogen-bond donors (Lipinski definition) is 0. The minimum Gasteiger partial charge on any atom is -0.465 e. The number of esters is 6. The van der Waals surface area contributed by atoms with Crippen molar-refractivity contribution in [1.82, 2.24) is 69.8 Å². The number of rotatable bonds is 75. The van der Waals surface area contributed by atoms with Gasteiger partial charge in [-0.05, 0) is 88.1 Å². The number of hydrogen-bond acceptors (Lipinski definition) is 24. The summed E-state index contributed by atoms with van der Waals surface area (Å²) < 4.78 is 41.0. The lowest BCUT2D eigenvalue weighted by Crippen LogP contribution is -2.31. The summed E-state index contributed by atoms with van der Waals surface area (Å²) in [5.41, 5.74) is 3.16. The molecule has 0 spiro atoms. The molecule has 638 valence electrons. The molecule has 26 nitrogen and oxygen atoms in total. The van der Waals surface area contributed by atoms with Crippen LogP contribution in [0.4, 0.5) is 0 Å². The second kappa shape index (κ2) is 65.2. The van der Waals surface area contributed by atoms with Gasteiger partial charge in [-0.2, -0.15) is 0 Å². The summed E-state index contributed by atoms with van der Waals surface area (Å²) in [5.74, 6) is 2.42. The second-order valence-electron chi connectivity index (χ2n) is 32.0. The van der Waals surface area contributed by atoms with Gasteiger partial charge in [0, 0.05) is 127 Å². The van der Waals surface area contributed by atoms with Crippen molar-refractivity contribution in [2.45, 2.75) is 338 Å². The summed E-state index contributed by atoms with van der Waals surface area (Å²) in [5, 5.41) is 34.3. The minimum atomic E-state index is -0.318. The molecule has 0 N–H and O–H groups in total. The van der Waals surface area contributed by atoms with E-state index in [1.807, 2.05) is 43.5 Å². The van der Waals surface area contributed by atoms with Crippen LogP contribution in [0.2, 0.25) is 0 Å². The average Bonchev–Trinajstić information content (AvgIpc) is 1.83. The molecule has 4 aromatic heterocycles. The molecule has 0 saturated carbocycles. The molecule has 0 radical (unpaired) electrons. The number of carbonyl (C=O) groups is 6. The zero-order valence-corrected chi connectivity index (χ0v) is 72.2. The van der Waals surface area contributed by atoms with Gasteiger partial charge in [-0.1, -0.05) is 239 Å². The van der Waals surface area contributed by atoms with Gasteiger partial charge < -0.3 is 38.2 Å². The van der Waals surface area contributed by atoms with Crippen molar-refractivity contribution in [3.63, 3.8) is 0 Å². The molecule has 0 amide bonds. The van der Waals surface area contributed by atoms with Crippen molar-refractivity contribution >= 4 is 57.4 Å². The van der Waals surface area contributed by atoms with E-state index in [2.05, 4.69) is 106 Å². The van der Waals surface area contributed by atoms with Crippen LogP contribution in [0.1, 0.15) is 309 Å². The lowest BCUT2D eigenvalue weighted by molar-refractivity contribution is -0.145. The molecule has 0 bridgehead atoms. The molecular formula is C84H148N14O12S2. The van der Waals surface area contributed by atoms with Gasteiger partial charge in [0.05, 0.1) is 74.9 Å². The zero-order chi connectivity index (χ0) is 80.7. The lowest BCUT2D eigenvalue weighted by Gasteiger charge is -2.21. The molecule has 28 heteroatoms. The summed E-state index contributed by atoms with van der Waals surface area (Å²) >= 11 is 0. The molecule has 4 rings (SSSR count). The van der Waals surface area contributed by atoms with Gasteiger partial charge in [-0.25, -0.2) is 0 Å². The van der Waals surface area contributed by atoms with Crippen molar-refractivity contribution in [2.75, 3.05) is 90.4 Å². The van der Waals surface area contributed by atoms with Crippen LogP contribution in [0, 0.1) is 23.7 Å². The van der Waals surface area contributed by atoms with Gasteiger partial charge in [0.25, 0.3) is 0 Å². The fourth-order valence-corrected chi connectivity index (χ4v) is 14.6. The Morgan fingerprint density at radius 1 is 0.286 bits per heavy atom. The summed E-state index contributed by atoms with van der Waals surface area (Å²) in [7, 11) is 3.12. The fraction of sp³-hybridized carbons (Fsp3) is 0.833. The topological polar surface area (TPSA) is 287 Å². The summed E-state index contributed by atoms with van der Waals surface area (Å²) in [4.78, 5) is 81.5. The quantitative estimate of drug-likeness (QED) is 0.0172. The molecule has 0 unspecified atom stereocenters. The molecular weight excluding hydrogens is 1460 g/mol. The highest BCUT2D eigenvalue weighted by Gasteiger charge is 2.18. The Bertz CT molecular complexity index is 2670. The van der Waals surface area contributed by atoms with E-state index in [0.717, 1.165) is 124 Å². The molecule has 0 saturated heterocycles. The summed E-state index contributed by atoms with van der Waals surface area (Å²) in [6.07, 6.45) is 44.4. The number of ether oxygens (including phenoxy) is 6. The Morgan fingerprint density at radius 3 is 0.768 bits per heavy atom. The molecule has 0 aromatic carbocycles. The maximum Gasteiger partial charge on any atom is 0.307 e. The van der Waals surface area contributed by atoms with Crippen LogP contribution >= 0.6 is 21.6 Å². The zero-order valence-electron chi connectivity index (χ0n) is 70.6. The lowest BCUT2D eigenvalue weighted by atomic mass is 10.0. The van der Waals surface area contributed by atoms with Gasteiger partial charge in [-0.15, -0.1) is 20.4 Å². The van der Waals surface area contributed by atoms with Crippen molar-refractivity contribution in [3.8, 4) is 0 Å². The van der Waals surface area contributed by atoms with Crippen LogP contribution in [0.3, 0.4) is 0 Å². The van der Waals surface area contributed by atoms with E-state index in [9.17, 15) is 28.8 Å².